The van der Waals surface area contributed by atoms with Crippen LogP contribution in [0.15, 0.2) is 29.3 Å². The van der Waals surface area contributed by atoms with Gasteiger partial charge in [0, 0.05) is 25.2 Å². The number of amides is 1. The summed E-state index contributed by atoms with van der Waals surface area (Å²) in [6.07, 6.45) is 0. The van der Waals surface area contributed by atoms with Crippen molar-refractivity contribution in [3.8, 4) is 5.69 Å². The molecule has 132 valence electrons. The molecule has 0 radical (unpaired) electrons. The van der Waals surface area contributed by atoms with Crippen LogP contribution >= 0.6 is 35.4 Å². The van der Waals surface area contributed by atoms with E-state index in [1.807, 2.05) is 12.1 Å². The molecule has 2 aromatic rings. The molecule has 2 heterocycles. The second kappa shape index (κ2) is 8.05. The summed E-state index contributed by atoms with van der Waals surface area (Å²) in [5, 5.41) is 8.16. The van der Waals surface area contributed by atoms with Crippen LogP contribution in [0.25, 0.3) is 5.69 Å². The number of benzene rings is 1. The van der Waals surface area contributed by atoms with E-state index in [-0.39, 0.29) is 11.6 Å². The standard InChI is InChI=1S/C15H16ClN5O2S2/c1-17-15(24)18-13-12(14(22)20-6-8-23-9-7-20)19-21(25-13)11-4-2-10(16)3-5-11/h2-5H,6-9H2,1H3,(H,17,24). The molecule has 0 bridgehead atoms. The van der Waals surface area contributed by atoms with Gasteiger partial charge in [-0.25, -0.2) is 4.99 Å². The minimum absolute atomic E-state index is 0.176. The maximum Gasteiger partial charge on any atom is 0.277 e. The number of ether oxygens (including phenoxy) is 1. The lowest BCUT2D eigenvalue weighted by molar-refractivity contribution is 0.0297. The molecule has 0 aliphatic carbocycles. The van der Waals surface area contributed by atoms with Gasteiger partial charge in [-0.15, -0.1) is 5.10 Å². The van der Waals surface area contributed by atoms with E-state index >= 15 is 0 Å². The average molecular weight is 398 g/mol. The zero-order valence-electron chi connectivity index (χ0n) is 13.4. The van der Waals surface area contributed by atoms with Crippen molar-refractivity contribution in [3.63, 3.8) is 0 Å². The van der Waals surface area contributed by atoms with Gasteiger partial charge in [0.25, 0.3) is 5.91 Å². The van der Waals surface area contributed by atoms with Crippen molar-refractivity contribution in [2.45, 2.75) is 0 Å². The van der Waals surface area contributed by atoms with E-state index in [4.69, 9.17) is 28.6 Å². The first-order valence-corrected chi connectivity index (χ1v) is 9.14. The van der Waals surface area contributed by atoms with Gasteiger partial charge in [-0.05, 0) is 48.0 Å². The Hall–Kier alpha value is -1.81. The van der Waals surface area contributed by atoms with Crippen molar-refractivity contribution in [2.75, 3.05) is 33.4 Å². The smallest absolute Gasteiger partial charge is 0.277 e. The quantitative estimate of drug-likeness (QED) is 0.777. The van der Waals surface area contributed by atoms with Gasteiger partial charge in [0.1, 0.15) is 0 Å². The molecule has 1 saturated heterocycles. The van der Waals surface area contributed by atoms with Crippen LogP contribution in [-0.2, 0) is 4.74 Å². The molecule has 3 rings (SSSR count). The number of thiocarbonyl (C=S) groups is 1. The Morgan fingerprint density at radius 3 is 2.68 bits per heavy atom. The van der Waals surface area contributed by atoms with Crippen molar-refractivity contribution in [1.82, 2.24) is 19.4 Å². The second-order valence-corrected chi connectivity index (χ2v) is 6.90. The van der Waals surface area contributed by atoms with Crippen molar-refractivity contribution in [1.29, 1.82) is 0 Å². The minimum atomic E-state index is -0.176. The van der Waals surface area contributed by atoms with E-state index in [0.29, 0.717) is 41.1 Å². The fraction of sp³-hybridized carbons (Fsp3) is 0.333. The Balaban J connectivity index is 2.02. The maximum absolute atomic E-state index is 12.8. The number of rotatable bonds is 2. The van der Waals surface area contributed by atoms with E-state index in [1.165, 1.54) is 11.5 Å². The van der Waals surface area contributed by atoms with Gasteiger partial charge in [0.15, 0.2) is 15.5 Å². The number of hydrogen-bond donors (Lipinski definition) is 1. The summed E-state index contributed by atoms with van der Waals surface area (Å²) in [7, 11) is 1.68. The molecule has 1 N–H and O–H groups in total. The molecule has 0 spiro atoms. The molecule has 7 nitrogen and oxygen atoms in total. The summed E-state index contributed by atoms with van der Waals surface area (Å²) in [6, 6.07) is 7.19. The maximum atomic E-state index is 12.8. The Bertz CT molecular complexity index is 840. The number of hydrogen-bond acceptors (Lipinski definition) is 5. The molecule has 0 saturated carbocycles. The molecule has 1 aliphatic rings. The highest BCUT2D eigenvalue weighted by Gasteiger charge is 2.24. The second-order valence-electron chi connectivity index (χ2n) is 5.17. The van der Waals surface area contributed by atoms with Crippen LogP contribution in [-0.4, -0.2) is 58.4 Å². The van der Waals surface area contributed by atoms with Crippen LogP contribution < -0.4 is 9.99 Å². The first-order valence-electron chi connectivity index (χ1n) is 7.58. The Labute approximate surface area is 159 Å². The summed E-state index contributed by atoms with van der Waals surface area (Å²) in [5.74, 6) is -0.176. The van der Waals surface area contributed by atoms with Crippen LogP contribution in [0.4, 0.5) is 0 Å². The molecule has 25 heavy (non-hydrogen) atoms. The summed E-state index contributed by atoms with van der Waals surface area (Å²) < 4.78 is 7.40. The third-order valence-electron chi connectivity index (χ3n) is 3.53. The fourth-order valence-electron chi connectivity index (χ4n) is 2.23. The fourth-order valence-corrected chi connectivity index (χ4v) is 3.37. The van der Waals surface area contributed by atoms with Gasteiger partial charge in [0.2, 0.25) is 0 Å². The SMILES string of the molecule is CNC(=S)N=c1sn(-c2ccc(Cl)cc2)nc1C(=O)N1CCOCC1. The summed E-state index contributed by atoms with van der Waals surface area (Å²) >= 11 is 12.3. The van der Waals surface area contributed by atoms with Crippen molar-refractivity contribution >= 4 is 46.4 Å². The first kappa shape index (κ1) is 18.0. The monoisotopic (exact) mass is 397 g/mol. The molecule has 0 atom stereocenters. The van der Waals surface area contributed by atoms with Crippen LogP contribution in [0, 0.1) is 0 Å². The number of carbonyl (C=O) groups is 1. The predicted molar refractivity (Wildman–Crippen MR) is 100 cm³/mol. The van der Waals surface area contributed by atoms with Crippen molar-refractivity contribution < 1.29 is 9.53 Å². The highest BCUT2D eigenvalue weighted by Crippen LogP contribution is 2.14. The Kier molecular flexibility index (Phi) is 5.79. The molecule has 1 aromatic heterocycles. The zero-order valence-corrected chi connectivity index (χ0v) is 15.8. The van der Waals surface area contributed by atoms with Gasteiger partial charge in [0.05, 0.1) is 18.9 Å². The number of halogens is 1. The number of carbonyl (C=O) groups excluding carboxylic acids is 1. The molecule has 1 fully saturated rings. The van der Waals surface area contributed by atoms with Gasteiger partial charge in [-0.1, -0.05) is 11.6 Å². The summed E-state index contributed by atoms with van der Waals surface area (Å²) in [4.78, 5) is 18.9. The number of nitrogens with one attached hydrogen (secondary N) is 1. The number of nitrogens with zero attached hydrogens (tertiary/aromatic N) is 4. The molecule has 0 unspecified atom stereocenters. The van der Waals surface area contributed by atoms with E-state index in [0.717, 1.165) is 5.69 Å². The van der Waals surface area contributed by atoms with Gasteiger partial charge in [-0.2, -0.15) is 4.07 Å². The molecule has 10 heteroatoms. The Morgan fingerprint density at radius 1 is 1.36 bits per heavy atom. The lowest BCUT2D eigenvalue weighted by Crippen LogP contribution is -2.42. The van der Waals surface area contributed by atoms with Gasteiger partial charge in [-0.3, -0.25) is 4.79 Å². The van der Waals surface area contributed by atoms with E-state index in [9.17, 15) is 4.79 Å². The zero-order chi connectivity index (χ0) is 17.8. The topological polar surface area (TPSA) is 71.8 Å². The number of aromatic nitrogens is 2. The first-order chi connectivity index (χ1) is 12.1. The van der Waals surface area contributed by atoms with E-state index in [2.05, 4.69) is 15.4 Å². The van der Waals surface area contributed by atoms with Crippen LogP contribution in [0.3, 0.4) is 0 Å². The van der Waals surface area contributed by atoms with E-state index in [1.54, 1.807) is 28.2 Å². The highest BCUT2D eigenvalue weighted by atomic mass is 35.5. The Morgan fingerprint density at radius 2 is 2.04 bits per heavy atom. The molecule has 1 amide bonds. The minimum Gasteiger partial charge on any atom is -0.378 e. The number of morpholine rings is 1. The van der Waals surface area contributed by atoms with Crippen molar-refractivity contribution in [2.24, 2.45) is 4.99 Å². The molecule has 1 aromatic carbocycles. The third kappa shape index (κ3) is 4.24. The van der Waals surface area contributed by atoms with Crippen LogP contribution in [0.5, 0.6) is 0 Å². The normalized spacial score (nSPS) is 15.3. The summed E-state index contributed by atoms with van der Waals surface area (Å²) in [6.45, 7) is 2.11. The van der Waals surface area contributed by atoms with Crippen LogP contribution in [0.1, 0.15) is 10.5 Å². The lowest BCUT2D eigenvalue weighted by atomic mass is 10.3. The highest BCUT2D eigenvalue weighted by molar-refractivity contribution is 7.80. The van der Waals surface area contributed by atoms with Crippen molar-refractivity contribution in [3.05, 3.63) is 39.7 Å². The van der Waals surface area contributed by atoms with E-state index < -0.39 is 0 Å². The molecule has 1 aliphatic heterocycles. The molecular weight excluding hydrogens is 382 g/mol. The average Bonchev–Trinajstić information content (AvgIpc) is 3.06. The largest absolute Gasteiger partial charge is 0.378 e. The predicted octanol–water partition coefficient (Wildman–Crippen LogP) is 1.46. The van der Waals surface area contributed by atoms with Gasteiger partial charge < -0.3 is 15.0 Å². The molecular formula is C15H16ClN5O2S2. The third-order valence-corrected chi connectivity index (χ3v) is 5.00. The summed E-state index contributed by atoms with van der Waals surface area (Å²) in [5.41, 5.74) is 1.07. The van der Waals surface area contributed by atoms with Gasteiger partial charge >= 0.3 is 0 Å². The van der Waals surface area contributed by atoms with Crippen LogP contribution in [0.2, 0.25) is 5.02 Å². The lowest BCUT2D eigenvalue weighted by Gasteiger charge is -2.25.